The number of esters is 2. The van der Waals surface area contributed by atoms with Crippen molar-refractivity contribution < 1.29 is 28.2 Å². The fraction of sp³-hybridized carbons (Fsp3) is 0.194. The third-order valence-corrected chi connectivity index (χ3v) is 7.36. The second-order valence-electron chi connectivity index (χ2n) is 9.36. The summed E-state index contributed by atoms with van der Waals surface area (Å²) in [5, 5.41) is 0. The van der Waals surface area contributed by atoms with Gasteiger partial charge in [-0.3, -0.25) is 14.5 Å². The molecule has 0 spiro atoms. The van der Waals surface area contributed by atoms with Crippen molar-refractivity contribution in [3.8, 4) is 0 Å². The molecule has 0 radical (unpaired) electrons. The zero-order valence-corrected chi connectivity index (χ0v) is 21.5. The molecule has 3 unspecified atom stereocenters. The Morgan fingerprint density at radius 1 is 0.897 bits per heavy atom. The number of Topliss-reactive ketones (excluding diaryl/α,β-unsaturated/α-hetero) is 1. The minimum absolute atomic E-state index is 0.0242. The van der Waals surface area contributed by atoms with Gasteiger partial charge in [0.1, 0.15) is 17.6 Å². The number of ketones is 1. The number of carbonyl (C=O) groups is 3. The van der Waals surface area contributed by atoms with Crippen LogP contribution in [0, 0.1) is 11.7 Å². The van der Waals surface area contributed by atoms with E-state index in [1.54, 1.807) is 35.2 Å². The molecule has 0 aromatic heterocycles. The Balaban J connectivity index is 1.84. The highest BCUT2D eigenvalue weighted by Crippen LogP contribution is 2.51. The van der Waals surface area contributed by atoms with E-state index in [-0.39, 0.29) is 29.0 Å². The Morgan fingerprint density at radius 2 is 1.51 bits per heavy atom. The molecule has 3 aromatic carbocycles. The van der Waals surface area contributed by atoms with Crippen LogP contribution in [0.2, 0.25) is 0 Å². The zero-order valence-electron chi connectivity index (χ0n) is 21.5. The second-order valence-corrected chi connectivity index (χ2v) is 9.36. The molecule has 198 valence electrons. The molecule has 0 bridgehead atoms. The van der Waals surface area contributed by atoms with E-state index in [9.17, 15) is 14.4 Å². The maximum Gasteiger partial charge on any atom is 0.338 e. The van der Waals surface area contributed by atoms with Gasteiger partial charge in [0, 0.05) is 28.4 Å². The minimum Gasteiger partial charge on any atom is -0.468 e. The molecule has 0 amide bonds. The zero-order chi connectivity index (χ0) is 27.7. The van der Waals surface area contributed by atoms with E-state index >= 15 is 4.39 Å². The Labute approximate surface area is 225 Å². The maximum atomic E-state index is 15.4. The molecule has 7 nitrogen and oxygen atoms in total. The number of ether oxygens (including phenoxy) is 2. The van der Waals surface area contributed by atoms with E-state index in [4.69, 9.17) is 15.2 Å². The number of para-hydroxylation sites is 1. The summed E-state index contributed by atoms with van der Waals surface area (Å²) < 4.78 is 25.5. The van der Waals surface area contributed by atoms with Gasteiger partial charge in [0.15, 0.2) is 5.78 Å². The van der Waals surface area contributed by atoms with Crippen LogP contribution in [0.15, 0.2) is 108 Å². The van der Waals surface area contributed by atoms with Crippen LogP contribution in [0.1, 0.15) is 29.4 Å². The molecule has 0 fully saturated rings. The number of hydrogen-bond donors (Lipinski definition) is 1. The van der Waals surface area contributed by atoms with Crippen molar-refractivity contribution in [3.05, 3.63) is 125 Å². The molecule has 3 atom stereocenters. The van der Waals surface area contributed by atoms with Crippen molar-refractivity contribution in [1.29, 1.82) is 0 Å². The molecule has 3 aromatic rings. The first-order valence-electron chi connectivity index (χ1n) is 12.5. The first kappa shape index (κ1) is 25.9. The van der Waals surface area contributed by atoms with E-state index in [0.717, 1.165) is 5.56 Å². The molecule has 1 aliphatic heterocycles. The molecule has 8 heteroatoms. The third-order valence-electron chi connectivity index (χ3n) is 7.36. The second kappa shape index (κ2) is 10.6. The average molecular weight is 527 g/mol. The lowest BCUT2D eigenvalue weighted by Gasteiger charge is -2.44. The van der Waals surface area contributed by atoms with Crippen LogP contribution in [0.5, 0.6) is 0 Å². The van der Waals surface area contributed by atoms with Crippen molar-refractivity contribution in [2.75, 3.05) is 19.1 Å². The Kier molecular flexibility index (Phi) is 7.02. The lowest BCUT2D eigenvalue weighted by atomic mass is 9.67. The predicted octanol–water partition coefficient (Wildman–Crippen LogP) is 4.57. The van der Waals surface area contributed by atoms with Crippen LogP contribution < -0.4 is 10.6 Å². The molecular weight excluding hydrogens is 499 g/mol. The minimum atomic E-state index is -1.21. The van der Waals surface area contributed by atoms with Gasteiger partial charge in [0.25, 0.3) is 0 Å². The van der Waals surface area contributed by atoms with Crippen molar-refractivity contribution in [3.63, 3.8) is 0 Å². The number of benzene rings is 3. The van der Waals surface area contributed by atoms with E-state index in [1.807, 2.05) is 36.4 Å². The standard InChI is InChI=1S/C31H27FN2O5/c1-38-30(36)25-21(18-11-5-3-6-12-18)17-23-26(28(25)35)24(20-15-9-10-16-22(20)32)27(31(37)39-2)29(33)34(23)19-13-7-4-8-14-19/h3-16,21,24-25H,17,33H2,1-2H3. The van der Waals surface area contributed by atoms with Gasteiger partial charge in [0.2, 0.25) is 0 Å². The highest BCUT2D eigenvalue weighted by molar-refractivity contribution is 6.14. The van der Waals surface area contributed by atoms with Crippen LogP contribution in [-0.2, 0) is 23.9 Å². The number of halogens is 1. The van der Waals surface area contributed by atoms with Crippen molar-refractivity contribution in [2.24, 2.45) is 11.7 Å². The van der Waals surface area contributed by atoms with Crippen molar-refractivity contribution >= 4 is 23.4 Å². The lowest BCUT2D eigenvalue weighted by molar-refractivity contribution is -0.150. The number of rotatable bonds is 5. The number of nitrogens with two attached hydrogens (primary N) is 1. The Hall–Kier alpha value is -4.72. The molecule has 2 N–H and O–H groups in total. The predicted molar refractivity (Wildman–Crippen MR) is 143 cm³/mol. The van der Waals surface area contributed by atoms with Crippen LogP contribution in [0.3, 0.4) is 0 Å². The number of anilines is 1. The number of allylic oxidation sites excluding steroid dienone is 2. The summed E-state index contributed by atoms with van der Waals surface area (Å²) in [6.07, 6.45) is 0.208. The quantitative estimate of drug-likeness (QED) is 0.384. The molecule has 39 heavy (non-hydrogen) atoms. The van der Waals surface area contributed by atoms with Crippen LogP contribution >= 0.6 is 0 Å². The highest BCUT2D eigenvalue weighted by Gasteiger charge is 2.51. The van der Waals surface area contributed by atoms with E-state index in [1.165, 1.54) is 32.4 Å². The normalized spacial score (nSPS) is 20.9. The highest BCUT2D eigenvalue weighted by atomic mass is 19.1. The van der Waals surface area contributed by atoms with E-state index < -0.39 is 41.3 Å². The largest absolute Gasteiger partial charge is 0.468 e. The maximum absolute atomic E-state index is 15.4. The number of hydrogen-bond acceptors (Lipinski definition) is 7. The van der Waals surface area contributed by atoms with Crippen LogP contribution in [0.4, 0.5) is 10.1 Å². The summed E-state index contributed by atoms with van der Waals surface area (Å²) in [6.45, 7) is 0. The fourth-order valence-corrected chi connectivity index (χ4v) is 5.64. The Bertz CT molecular complexity index is 1500. The molecule has 1 aliphatic carbocycles. The van der Waals surface area contributed by atoms with Crippen LogP contribution in [0.25, 0.3) is 0 Å². The van der Waals surface area contributed by atoms with Gasteiger partial charge in [-0.2, -0.15) is 0 Å². The van der Waals surface area contributed by atoms with Crippen LogP contribution in [-0.4, -0.2) is 31.9 Å². The third kappa shape index (κ3) is 4.37. The molecule has 1 heterocycles. The van der Waals surface area contributed by atoms with Gasteiger partial charge < -0.3 is 15.2 Å². The summed E-state index contributed by atoms with van der Waals surface area (Å²) in [5.41, 5.74) is 8.68. The molecule has 0 saturated heterocycles. The molecule has 2 aliphatic rings. The number of carbonyl (C=O) groups excluding carboxylic acids is 3. The van der Waals surface area contributed by atoms with Crippen molar-refractivity contribution in [2.45, 2.75) is 18.3 Å². The topological polar surface area (TPSA) is 98.9 Å². The average Bonchev–Trinajstić information content (AvgIpc) is 2.97. The van der Waals surface area contributed by atoms with Gasteiger partial charge in [-0.1, -0.05) is 66.7 Å². The SMILES string of the molecule is COC(=O)C1=C(N)N(c2ccccc2)C2=C(C(=O)C(C(=O)OC)C(c3ccccc3)C2)C1c1ccccc1F. The van der Waals surface area contributed by atoms with Gasteiger partial charge in [-0.25, -0.2) is 9.18 Å². The Morgan fingerprint density at radius 3 is 2.13 bits per heavy atom. The van der Waals surface area contributed by atoms with Gasteiger partial charge in [-0.15, -0.1) is 0 Å². The summed E-state index contributed by atoms with van der Waals surface area (Å²) >= 11 is 0. The summed E-state index contributed by atoms with van der Waals surface area (Å²) in [6, 6.07) is 24.1. The van der Waals surface area contributed by atoms with E-state index in [0.29, 0.717) is 11.4 Å². The summed E-state index contributed by atoms with van der Waals surface area (Å²) in [7, 11) is 2.42. The summed E-state index contributed by atoms with van der Waals surface area (Å²) in [5.74, 6) is -5.64. The number of nitrogens with zero attached hydrogens (tertiary/aromatic N) is 1. The van der Waals surface area contributed by atoms with Gasteiger partial charge in [-0.05, 0) is 30.2 Å². The smallest absolute Gasteiger partial charge is 0.338 e. The summed E-state index contributed by atoms with van der Waals surface area (Å²) in [4.78, 5) is 42.5. The van der Waals surface area contributed by atoms with E-state index in [2.05, 4.69) is 0 Å². The molecular formula is C31H27FN2O5. The van der Waals surface area contributed by atoms with Crippen molar-refractivity contribution in [1.82, 2.24) is 0 Å². The lowest BCUT2D eigenvalue weighted by Crippen LogP contribution is -2.46. The first-order valence-corrected chi connectivity index (χ1v) is 12.5. The monoisotopic (exact) mass is 526 g/mol. The van der Waals surface area contributed by atoms with Gasteiger partial charge >= 0.3 is 11.9 Å². The fourth-order valence-electron chi connectivity index (χ4n) is 5.64. The first-order chi connectivity index (χ1) is 18.9. The molecule has 0 saturated carbocycles. The number of methoxy groups -OCH3 is 2. The molecule has 5 rings (SSSR count). The van der Waals surface area contributed by atoms with Gasteiger partial charge in [0.05, 0.1) is 25.7 Å².